The zero-order chi connectivity index (χ0) is 11.7. The van der Waals surface area contributed by atoms with Gasteiger partial charge in [0.2, 0.25) is 0 Å². The first-order chi connectivity index (χ1) is 6.80. The van der Waals surface area contributed by atoms with Gasteiger partial charge in [-0.3, -0.25) is 0 Å². The monoisotopic (exact) mass is 206 g/mol. The second-order valence-corrected chi connectivity index (χ2v) is 5.54. The van der Waals surface area contributed by atoms with E-state index < -0.39 is 5.60 Å². The summed E-state index contributed by atoms with van der Waals surface area (Å²) in [6, 6.07) is 9.95. The van der Waals surface area contributed by atoms with E-state index in [0.717, 1.165) is 5.56 Å². The van der Waals surface area contributed by atoms with Crippen molar-refractivity contribution in [2.24, 2.45) is 11.3 Å². The van der Waals surface area contributed by atoms with E-state index in [1.165, 1.54) is 0 Å². The number of benzene rings is 1. The molecule has 0 saturated heterocycles. The number of aliphatic hydroxyl groups is 1. The van der Waals surface area contributed by atoms with Crippen LogP contribution in [0.15, 0.2) is 30.3 Å². The van der Waals surface area contributed by atoms with Gasteiger partial charge >= 0.3 is 0 Å². The van der Waals surface area contributed by atoms with Gasteiger partial charge in [-0.05, 0) is 16.9 Å². The van der Waals surface area contributed by atoms with Gasteiger partial charge < -0.3 is 5.11 Å². The summed E-state index contributed by atoms with van der Waals surface area (Å²) in [6.45, 7) is 10.4. The van der Waals surface area contributed by atoms with E-state index in [-0.39, 0.29) is 11.3 Å². The maximum atomic E-state index is 10.9. The first-order valence-corrected chi connectivity index (χ1v) is 5.58. The summed E-state index contributed by atoms with van der Waals surface area (Å²) >= 11 is 0. The van der Waals surface area contributed by atoms with E-state index in [1.54, 1.807) is 0 Å². The van der Waals surface area contributed by atoms with Gasteiger partial charge in [-0.15, -0.1) is 0 Å². The van der Waals surface area contributed by atoms with Gasteiger partial charge in [0.1, 0.15) is 0 Å². The lowest BCUT2D eigenvalue weighted by Crippen LogP contribution is -2.44. The van der Waals surface area contributed by atoms with Gasteiger partial charge in [-0.25, -0.2) is 0 Å². The quantitative estimate of drug-likeness (QED) is 0.784. The summed E-state index contributed by atoms with van der Waals surface area (Å²) in [5, 5.41) is 10.9. The maximum absolute atomic E-state index is 10.9. The summed E-state index contributed by atoms with van der Waals surface area (Å²) in [7, 11) is 0. The third kappa shape index (κ3) is 2.07. The average Bonchev–Trinajstić information content (AvgIpc) is 2.16. The van der Waals surface area contributed by atoms with Crippen LogP contribution in [0, 0.1) is 11.3 Å². The van der Waals surface area contributed by atoms with Gasteiger partial charge in [-0.1, -0.05) is 65.0 Å². The van der Waals surface area contributed by atoms with Crippen LogP contribution in [-0.4, -0.2) is 5.11 Å². The molecular formula is C14H22O. The largest absolute Gasteiger partial charge is 0.384 e. The van der Waals surface area contributed by atoms with Crippen molar-refractivity contribution in [3.05, 3.63) is 35.9 Å². The van der Waals surface area contributed by atoms with Crippen LogP contribution >= 0.6 is 0 Å². The van der Waals surface area contributed by atoms with Crippen LogP contribution in [0.5, 0.6) is 0 Å². The van der Waals surface area contributed by atoms with Crippen molar-refractivity contribution < 1.29 is 5.11 Å². The first kappa shape index (κ1) is 12.3. The van der Waals surface area contributed by atoms with E-state index in [2.05, 4.69) is 34.6 Å². The Morgan fingerprint density at radius 3 is 1.80 bits per heavy atom. The molecule has 0 aliphatic carbocycles. The van der Waals surface area contributed by atoms with Crippen molar-refractivity contribution in [1.29, 1.82) is 0 Å². The minimum absolute atomic E-state index is 0.164. The van der Waals surface area contributed by atoms with Crippen LogP contribution in [0.1, 0.15) is 40.2 Å². The predicted molar refractivity (Wildman–Crippen MR) is 64.6 cm³/mol. The molecule has 0 bridgehead atoms. The van der Waals surface area contributed by atoms with E-state index in [9.17, 15) is 5.11 Å². The Morgan fingerprint density at radius 1 is 1.00 bits per heavy atom. The molecule has 0 radical (unpaired) electrons. The molecule has 1 N–H and O–H groups in total. The zero-order valence-electron chi connectivity index (χ0n) is 10.4. The van der Waals surface area contributed by atoms with Gasteiger partial charge in [0.15, 0.2) is 0 Å². The Bertz CT molecular complexity index is 308. The highest BCUT2D eigenvalue weighted by Gasteiger charge is 2.43. The Morgan fingerprint density at radius 2 is 1.47 bits per heavy atom. The van der Waals surface area contributed by atoms with Gasteiger partial charge in [0.25, 0.3) is 0 Å². The third-order valence-electron chi connectivity index (χ3n) is 3.19. The van der Waals surface area contributed by atoms with Crippen molar-refractivity contribution in [2.75, 3.05) is 0 Å². The predicted octanol–water partition coefficient (Wildman–Crippen LogP) is 3.58. The minimum Gasteiger partial charge on any atom is -0.384 e. The maximum Gasteiger partial charge on any atom is 0.0967 e. The fraction of sp³-hybridized carbons (Fsp3) is 0.571. The topological polar surface area (TPSA) is 20.2 Å². The lowest BCUT2D eigenvalue weighted by Gasteiger charge is -2.44. The number of rotatable bonds is 2. The average molecular weight is 206 g/mol. The molecular weight excluding hydrogens is 184 g/mol. The third-order valence-corrected chi connectivity index (χ3v) is 3.19. The lowest BCUT2D eigenvalue weighted by molar-refractivity contribution is -0.102. The van der Waals surface area contributed by atoms with Crippen LogP contribution in [0.3, 0.4) is 0 Å². The summed E-state index contributed by atoms with van der Waals surface area (Å²) < 4.78 is 0. The van der Waals surface area contributed by atoms with E-state index in [1.807, 2.05) is 30.3 Å². The molecule has 1 aromatic carbocycles. The molecule has 1 heteroatoms. The SMILES string of the molecule is CC(C)C(O)(c1ccccc1)C(C)(C)C. The van der Waals surface area contributed by atoms with Gasteiger partial charge in [-0.2, -0.15) is 0 Å². The van der Waals surface area contributed by atoms with Gasteiger partial charge in [0.05, 0.1) is 5.60 Å². The first-order valence-electron chi connectivity index (χ1n) is 5.58. The van der Waals surface area contributed by atoms with E-state index in [4.69, 9.17) is 0 Å². The van der Waals surface area contributed by atoms with Crippen molar-refractivity contribution in [3.8, 4) is 0 Å². The molecule has 1 rings (SSSR count). The molecule has 0 fully saturated rings. The van der Waals surface area contributed by atoms with Crippen molar-refractivity contribution >= 4 is 0 Å². The molecule has 0 spiro atoms. The standard InChI is InChI=1S/C14H22O/c1-11(2)14(15,13(3,4)5)12-9-7-6-8-10-12/h6-11,15H,1-5H3. The molecule has 84 valence electrons. The summed E-state index contributed by atoms with van der Waals surface area (Å²) in [4.78, 5) is 0. The molecule has 1 nitrogen and oxygen atoms in total. The molecule has 0 aliphatic heterocycles. The molecule has 15 heavy (non-hydrogen) atoms. The fourth-order valence-corrected chi connectivity index (χ4v) is 2.32. The van der Waals surface area contributed by atoms with E-state index >= 15 is 0 Å². The molecule has 0 saturated carbocycles. The Labute approximate surface area is 93.1 Å². The Kier molecular flexibility index (Phi) is 3.25. The Hall–Kier alpha value is -0.820. The number of hydrogen-bond donors (Lipinski definition) is 1. The second-order valence-electron chi connectivity index (χ2n) is 5.54. The number of hydrogen-bond acceptors (Lipinski definition) is 1. The normalized spacial score (nSPS) is 16.5. The van der Waals surface area contributed by atoms with Crippen molar-refractivity contribution in [3.63, 3.8) is 0 Å². The van der Waals surface area contributed by atoms with Crippen LogP contribution in [0.4, 0.5) is 0 Å². The van der Waals surface area contributed by atoms with Crippen molar-refractivity contribution in [2.45, 2.75) is 40.2 Å². The highest BCUT2D eigenvalue weighted by molar-refractivity contribution is 5.25. The molecule has 1 unspecified atom stereocenters. The lowest BCUT2D eigenvalue weighted by atomic mass is 9.66. The molecule has 0 heterocycles. The molecule has 0 amide bonds. The molecule has 1 aromatic rings. The molecule has 0 aliphatic rings. The fourth-order valence-electron chi connectivity index (χ4n) is 2.32. The van der Waals surface area contributed by atoms with E-state index in [0.29, 0.717) is 0 Å². The summed E-state index contributed by atoms with van der Waals surface area (Å²) in [6.07, 6.45) is 0. The highest BCUT2D eigenvalue weighted by Crippen LogP contribution is 2.44. The smallest absolute Gasteiger partial charge is 0.0967 e. The summed E-state index contributed by atoms with van der Waals surface area (Å²) in [5.74, 6) is 0.194. The van der Waals surface area contributed by atoms with Gasteiger partial charge in [0, 0.05) is 0 Å². The van der Waals surface area contributed by atoms with Crippen LogP contribution in [-0.2, 0) is 5.60 Å². The second kappa shape index (κ2) is 3.97. The van der Waals surface area contributed by atoms with Crippen LogP contribution < -0.4 is 0 Å². The minimum atomic E-state index is -0.770. The van der Waals surface area contributed by atoms with Crippen molar-refractivity contribution in [1.82, 2.24) is 0 Å². The summed E-state index contributed by atoms with van der Waals surface area (Å²) in [5.41, 5.74) is 0.0732. The molecule has 1 atom stereocenters. The Balaban J connectivity index is 3.26. The highest BCUT2D eigenvalue weighted by atomic mass is 16.3. The van der Waals surface area contributed by atoms with Crippen LogP contribution in [0.2, 0.25) is 0 Å². The van der Waals surface area contributed by atoms with Crippen LogP contribution in [0.25, 0.3) is 0 Å². The zero-order valence-corrected chi connectivity index (χ0v) is 10.4. The molecule has 0 aromatic heterocycles.